The van der Waals surface area contributed by atoms with Crippen LogP contribution in [0.3, 0.4) is 0 Å². The first-order valence-corrected chi connectivity index (χ1v) is 6.11. The fourth-order valence-electron chi connectivity index (χ4n) is 1.25. The van der Waals surface area contributed by atoms with Gasteiger partial charge in [-0.3, -0.25) is 4.79 Å². The van der Waals surface area contributed by atoms with Crippen molar-refractivity contribution in [2.24, 2.45) is 0 Å². The van der Waals surface area contributed by atoms with E-state index in [1.54, 1.807) is 18.3 Å². The second-order valence-electron chi connectivity index (χ2n) is 3.38. The Balaban J connectivity index is 2.24. The summed E-state index contributed by atoms with van der Waals surface area (Å²) >= 11 is 7.35. The molecule has 2 rings (SSSR count). The smallest absolute Gasteiger partial charge is 0.192 e. The SMILES string of the molecule is Cc1ccnc(Sc2ccc(C=O)c(Cl)c2)n1. The van der Waals surface area contributed by atoms with E-state index >= 15 is 0 Å². The number of halogens is 1. The van der Waals surface area contributed by atoms with Crippen LogP contribution in [-0.4, -0.2) is 16.3 Å². The first-order valence-electron chi connectivity index (χ1n) is 4.91. The van der Waals surface area contributed by atoms with Crippen LogP contribution < -0.4 is 0 Å². The number of aldehydes is 1. The Hall–Kier alpha value is -1.39. The molecule has 0 amide bonds. The Morgan fingerprint density at radius 1 is 1.35 bits per heavy atom. The van der Waals surface area contributed by atoms with Gasteiger partial charge >= 0.3 is 0 Å². The Labute approximate surface area is 108 Å². The molecular formula is C12H9ClN2OS. The predicted molar refractivity (Wildman–Crippen MR) is 67.7 cm³/mol. The number of nitrogens with zero attached hydrogens (tertiary/aromatic N) is 2. The van der Waals surface area contributed by atoms with Crippen LogP contribution in [0.2, 0.25) is 5.02 Å². The molecule has 17 heavy (non-hydrogen) atoms. The van der Waals surface area contributed by atoms with Crippen molar-refractivity contribution in [1.29, 1.82) is 0 Å². The van der Waals surface area contributed by atoms with Crippen LogP contribution in [0, 0.1) is 6.92 Å². The zero-order valence-corrected chi connectivity index (χ0v) is 10.6. The number of carbonyl (C=O) groups excluding carboxylic acids is 1. The number of aromatic nitrogens is 2. The second kappa shape index (κ2) is 5.29. The van der Waals surface area contributed by atoms with Crippen molar-refractivity contribution in [2.45, 2.75) is 17.0 Å². The van der Waals surface area contributed by atoms with Crippen molar-refractivity contribution in [3.05, 3.63) is 46.7 Å². The molecule has 0 saturated heterocycles. The molecule has 3 nitrogen and oxygen atoms in total. The number of hydrogen-bond donors (Lipinski definition) is 0. The first-order chi connectivity index (χ1) is 8.19. The summed E-state index contributed by atoms with van der Waals surface area (Å²) in [7, 11) is 0. The van der Waals surface area contributed by atoms with Gasteiger partial charge in [-0.05, 0) is 43.0 Å². The average molecular weight is 265 g/mol. The van der Waals surface area contributed by atoms with Gasteiger partial charge < -0.3 is 0 Å². The highest BCUT2D eigenvalue weighted by molar-refractivity contribution is 7.99. The Bertz CT molecular complexity index is 560. The Morgan fingerprint density at radius 2 is 2.18 bits per heavy atom. The summed E-state index contributed by atoms with van der Waals surface area (Å²) in [6.07, 6.45) is 2.45. The van der Waals surface area contributed by atoms with Crippen LogP contribution in [0.15, 0.2) is 40.5 Å². The van der Waals surface area contributed by atoms with Crippen LogP contribution in [0.1, 0.15) is 16.1 Å². The molecule has 0 atom stereocenters. The summed E-state index contributed by atoms with van der Waals surface area (Å²) < 4.78 is 0. The second-order valence-corrected chi connectivity index (χ2v) is 4.83. The number of carbonyl (C=O) groups is 1. The van der Waals surface area contributed by atoms with Crippen molar-refractivity contribution in [3.63, 3.8) is 0 Å². The molecule has 1 heterocycles. The molecule has 1 aromatic heterocycles. The fraction of sp³-hybridized carbons (Fsp3) is 0.0833. The molecule has 2 aromatic rings. The highest BCUT2D eigenvalue weighted by Crippen LogP contribution is 2.28. The van der Waals surface area contributed by atoms with E-state index in [9.17, 15) is 4.79 Å². The highest BCUT2D eigenvalue weighted by Gasteiger charge is 2.04. The lowest BCUT2D eigenvalue weighted by Gasteiger charge is -2.02. The van der Waals surface area contributed by atoms with Crippen LogP contribution in [-0.2, 0) is 0 Å². The van der Waals surface area contributed by atoms with Gasteiger partial charge in [0.1, 0.15) is 0 Å². The van der Waals surface area contributed by atoms with Crippen molar-refractivity contribution < 1.29 is 4.79 Å². The maximum absolute atomic E-state index is 10.6. The van der Waals surface area contributed by atoms with Gasteiger partial charge in [0.25, 0.3) is 0 Å². The van der Waals surface area contributed by atoms with Gasteiger partial charge in [-0.25, -0.2) is 9.97 Å². The third kappa shape index (κ3) is 3.05. The van der Waals surface area contributed by atoms with E-state index < -0.39 is 0 Å². The first kappa shape index (κ1) is 12.1. The lowest BCUT2D eigenvalue weighted by atomic mass is 10.2. The molecule has 86 valence electrons. The van der Waals surface area contributed by atoms with Crippen molar-refractivity contribution in [2.75, 3.05) is 0 Å². The monoisotopic (exact) mass is 264 g/mol. The van der Waals surface area contributed by atoms with Crippen LogP contribution in [0.25, 0.3) is 0 Å². The molecule has 0 unspecified atom stereocenters. The number of hydrogen-bond acceptors (Lipinski definition) is 4. The van der Waals surface area contributed by atoms with Crippen LogP contribution in [0.4, 0.5) is 0 Å². The molecule has 0 N–H and O–H groups in total. The van der Waals surface area contributed by atoms with Gasteiger partial charge in [0.15, 0.2) is 11.4 Å². The van der Waals surface area contributed by atoms with E-state index in [0.717, 1.165) is 16.9 Å². The zero-order valence-electron chi connectivity index (χ0n) is 9.05. The van der Waals surface area contributed by atoms with E-state index in [1.807, 2.05) is 19.1 Å². The van der Waals surface area contributed by atoms with Gasteiger partial charge in [-0.1, -0.05) is 11.6 Å². The van der Waals surface area contributed by atoms with Crippen molar-refractivity contribution in [3.8, 4) is 0 Å². The molecule has 0 saturated carbocycles. The van der Waals surface area contributed by atoms with Crippen molar-refractivity contribution in [1.82, 2.24) is 9.97 Å². The molecule has 0 bridgehead atoms. The maximum Gasteiger partial charge on any atom is 0.192 e. The van der Waals surface area contributed by atoms with Gasteiger partial charge in [0.05, 0.1) is 5.02 Å². The highest BCUT2D eigenvalue weighted by atomic mass is 35.5. The Kier molecular flexibility index (Phi) is 3.76. The normalized spacial score (nSPS) is 10.2. The van der Waals surface area contributed by atoms with E-state index in [1.165, 1.54) is 11.8 Å². The molecule has 0 radical (unpaired) electrons. The zero-order chi connectivity index (χ0) is 12.3. The predicted octanol–water partition coefficient (Wildman–Crippen LogP) is 3.40. The Morgan fingerprint density at radius 3 is 2.82 bits per heavy atom. The lowest BCUT2D eigenvalue weighted by molar-refractivity contribution is 0.112. The number of benzene rings is 1. The van der Waals surface area contributed by atoms with E-state index in [-0.39, 0.29) is 0 Å². The average Bonchev–Trinajstić information content (AvgIpc) is 2.29. The van der Waals surface area contributed by atoms with Crippen LogP contribution in [0.5, 0.6) is 0 Å². The topological polar surface area (TPSA) is 42.9 Å². The molecule has 1 aromatic carbocycles. The van der Waals surface area contributed by atoms with Gasteiger partial charge in [-0.2, -0.15) is 0 Å². The standard InChI is InChI=1S/C12H9ClN2OS/c1-8-4-5-14-12(15-8)17-10-3-2-9(7-16)11(13)6-10/h2-7H,1H3. The molecule has 0 spiro atoms. The number of aryl methyl sites for hydroxylation is 1. The van der Waals surface area contributed by atoms with E-state index in [4.69, 9.17) is 11.6 Å². The summed E-state index contributed by atoms with van der Waals surface area (Å²) in [6, 6.07) is 7.09. The summed E-state index contributed by atoms with van der Waals surface area (Å²) in [5, 5.41) is 1.11. The van der Waals surface area contributed by atoms with Crippen molar-refractivity contribution >= 4 is 29.6 Å². The van der Waals surface area contributed by atoms with Crippen LogP contribution >= 0.6 is 23.4 Å². The van der Waals surface area contributed by atoms with Gasteiger partial charge in [-0.15, -0.1) is 0 Å². The third-order valence-electron chi connectivity index (χ3n) is 2.08. The minimum absolute atomic E-state index is 0.442. The lowest BCUT2D eigenvalue weighted by Crippen LogP contribution is -1.88. The molecule has 0 aliphatic carbocycles. The maximum atomic E-state index is 10.6. The molecule has 0 fully saturated rings. The van der Waals surface area contributed by atoms with E-state index in [2.05, 4.69) is 9.97 Å². The van der Waals surface area contributed by atoms with Gasteiger partial charge in [0.2, 0.25) is 0 Å². The molecule has 0 aliphatic heterocycles. The fourth-order valence-corrected chi connectivity index (χ4v) is 2.36. The largest absolute Gasteiger partial charge is 0.298 e. The third-order valence-corrected chi connectivity index (χ3v) is 3.28. The summed E-state index contributed by atoms with van der Waals surface area (Å²) in [4.78, 5) is 20.0. The summed E-state index contributed by atoms with van der Waals surface area (Å²) in [5.74, 6) is 0. The molecule has 0 aliphatic rings. The molecule has 5 heteroatoms. The summed E-state index contributed by atoms with van der Waals surface area (Å²) in [6.45, 7) is 1.91. The quantitative estimate of drug-likeness (QED) is 0.629. The van der Waals surface area contributed by atoms with E-state index in [0.29, 0.717) is 15.7 Å². The van der Waals surface area contributed by atoms with Gasteiger partial charge in [0, 0.05) is 22.3 Å². The number of rotatable bonds is 3. The molecular weight excluding hydrogens is 256 g/mol. The minimum Gasteiger partial charge on any atom is -0.298 e. The minimum atomic E-state index is 0.442. The summed E-state index contributed by atoms with van der Waals surface area (Å²) in [5.41, 5.74) is 1.40.